The highest BCUT2D eigenvalue weighted by Crippen LogP contribution is 2.15. The lowest BCUT2D eigenvalue weighted by Gasteiger charge is -2.14. The lowest BCUT2D eigenvalue weighted by atomic mass is 10.3. The summed E-state index contributed by atoms with van der Waals surface area (Å²) in [5.41, 5.74) is 0.541. The van der Waals surface area contributed by atoms with E-state index in [0.717, 1.165) is 0 Å². The van der Waals surface area contributed by atoms with Gasteiger partial charge in [-0.3, -0.25) is 4.79 Å². The molecule has 0 saturated heterocycles. The summed E-state index contributed by atoms with van der Waals surface area (Å²) in [6.07, 6.45) is 0.616. The predicted molar refractivity (Wildman–Crippen MR) is 86.7 cm³/mol. The number of carbonyl (C=O) groups is 2. The Kier molecular flexibility index (Phi) is 5.05. The van der Waals surface area contributed by atoms with Crippen LogP contribution in [-0.2, 0) is 26.6 Å². The van der Waals surface area contributed by atoms with Crippen molar-refractivity contribution in [2.45, 2.75) is 17.9 Å². The maximum atomic E-state index is 12.1. The van der Waals surface area contributed by atoms with E-state index >= 15 is 0 Å². The molecule has 24 heavy (non-hydrogen) atoms. The van der Waals surface area contributed by atoms with Crippen LogP contribution in [0.15, 0.2) is 47.5 Å². The van der Waals surface area contributed by atoms with Gasteiger partial charge in [0.1, 0.15) is 5.69 Å². The van der Waals surface area contributed by atoms with Gasteiger partial charge in [-0.15, -0.1) is 0 Å². The number of ether oxygens (including phenoxy) is 1. The van der Waals surface area contributed by atoms with Gasteiger partial charge < -0.3 is 14.6 Å². The van der Waals surface area contributed by atoms with Crippen molar-refractivity contribution in [1.29, 1.82) is 0 Å². The summed E-state index contributed by atoms with van der Waals surface area (Å²) >= 11 is 0. The Morgan fingerprint density at radius 2 is 1.96 bits per heavy atom. The predicted octanol–water partition coefficient (Wildman–Crippen LogP) is 0.857. The number of nitrogens with two attached hydrogens (primary N) is 1. The Balaban J connectivity index is 2.04. The summed E-state index contributed by atoms with van der Waals surface area (Å²) in [6.45, 7) is 1.42. The van der Waals surface area contributed by atoms with Crippen LogP contribution in [-0.4, -0.2) is 31.0 Å². The van der Waals surface area contributed by atoms with Crippen LogP contribution in [0.5, 0.6) is 0 Å². The zero-order chi connectivity index (χ0) is 17.9. The molecule has 8 nitrogen and oxygen atoms in total. The highest BCUT2D eigenvalue weighted by Gasteiger charge is 2.20. The van der Waals surface area contributed by atoms with Crippen LogP contribution in [0, 0.1) is 0 Å². The first kappa shape index (κ1) is 17.7. The summed E-state index contributed by atoms with van der Waals surface area (Å²) in [5.74, 6) is -1.23. The number of esters is 1. The first-order valence-corrected chi connectivity index (χ1v) is 8.49. The van der Waals surface area contributed by atoms with Gasteiger partial charge >= 0.3 is 5.97 Å². The number of benzene rings is 1. The topological polar surface area (TPSA) is 120 Å². The van der Waals surface area contributed by atoms with Gasteiger partial charge in [0, 0.05) is 18.9 Å². The largest absolute Gasteiger partial charge is 0.448 e. The van der Waals surface area contributed by atoms with Crippen LogP contribution >= 0.6 is 0 Å². The van der Waals surface area contributed by atoms with E-state index in [1.807, 2.05) is 0 Å². The van der Waals surface area contributed by atoms with Crippen LogP contribution in [0.4, 0.5) is 5.69 Å². The minimum absolute atomic E-state index is 0.131. The minimum Gasteiger partial charge on any atom is -0.448 e. The molecule has 0 saturated carbocycles. The van der Waals surface area contributed by atoms with Crippen LogP contribution in [0.3, 0.4) is 0 Å². The van der Waals surface area contributed by atoms with E-state index < -0.39 is 28.0 Å². The molecule has 0 radical (unpaired) electrons. The Morgan fingerprint density at radius 1 is 1.25 bits per heavy atom. The second-order valence-corrected chi connectivity index (χ2v) is 6.68. The maximum Gasteiger partial charge on any atom is 0.355 e. The van der Waals surface area contributed by atoms with E-state index in [-0.39, 0.29) is 10.6 Å². The van der Waals surface area contributed by atoms with Gasteiger partial charge in [-0.2, -0.15) is 0 Å². The molecule has 1 amide bonds. The zero-order valence-electron chi connectivity index (χ0n) is 13.1. The molecule has 9 heteroatoms. The zero-order valence-corrected chi connectivity index (χ0v) is 13.9. The van der Waals surface area contributed by atoms with Gasteiger partial charge in [-0.1, -0.05) is 6.07 Å². The number of carbonyl (C=O) groups excluding carboxylic acids is 2. The average Bonchev–Trinajstić information content (AvgIpc) is 2.92. The maximum absolute atomic E-state index is 12.1. The lowest BCUT2D eigenvalue weighted by molar-refractivity contribution is -0.123. The van der Waals surface area contributed by atoms with E-state index in [2.05, 4.69) is 5.32 Å². The van der Waals surface area contributed by atoms with Crippen LogP contribution in [0.2, 0.25) is 0 Å². The van der Waals surface area contributed by atoms with Crippen molar-refractivity contribution in [3.05, 3.63) is 48.3 Å². The third-order valence-electron chi connectivity index (χ3n) is 3.24. The first-order chi connectivity index (χ1) is 11.2. The smallest absolute Gasteiger partial charge is 0.355 e. The third-order valence-corrected chi connectivity index (χ3v) is 4.15. The number of nitrogens with one attached hydrogen (secondary N) is 1. The van der Waals surface area contributed by atoms with E-state index in [4.69, 9.17) is 9.88 Å². The van der Waals surface area contributed by atoms with Crippen LogP contribution < -0.4 is 10.5 Å². The number of amides is 1. The molecule has 128 valence electrons. The monoisotopic (exact) mass is 351 g/mol. The van der Waals surface area contributed by atoms with Gasteiger partial charge in [0.05, 0.1) is 4.90 Å². The molecular formula is C15H17N3O5S. The number of hydrogen-bond acceptors (Lipinski definition) is 5. The molecule has 1 aromatic carbocycles. The normalized spacial score (nSPS) is 12.5. The fraction of sp³-hybridized carbons (Fsp3) is 0.200. The molecule has 0 aliphatic carbocycles. The van der Waals surface area contributed by atoms with Gasteiger partial charge in [-0.25, -0.2) is 18.4 Å². The number of aryl methyl sites for hydroxylation is 1. The molecule has 1 aromatic heterocycles. The number of hydrogen-bond donors (Lipinski definition) is 2. The quantitative estimate of drug-likeness (QED) is 0.774. The highest BCUT2D eigenvalue weighted by molar-refractivity contribution is 7.89. The fourth-order valence-corrected chi connectivity index (χ4v) is 2.50. The van der Waals surface area contributed by atoms with Crippen LogP contribution in [0.25, 0.3) is 0 Å². The molecule has 1 heterocycles. The Hall–Kier alpha value is -2.65. The molecule has 0 aliphatic rings. The molecule has 3 N–H and O–H groups in total. The number of nitrogens with zero attached hydrogens (tertiary/aromatic N) is 1. The highest BCUT2D eigenvalue weighted by atomic mass is 32.2. The number of rotatable bonds is 5. The Morgan fingerprint density at radius 3 is 2.54 bits per heavy atom. The van der Waals surface area contributed by atoms with E-state index in [1.54, 1.807) is 29.9 Å². The van der Waals surface area contributed by atoms with Gasteiger partial charge in [0.2, 0.25) is 10.0 Å². The summed E-state index contributed by atoms with van der Waals surface area (Å²) in [6, 6.07) is 8.72. The summed E-state index contributed by atoms with van der Waals surface area (Å²) < 4.78 is 29.3. The molecular weight excluding hydrogens is 334 g/mol. The molecule has 2 rings (SSSR count). The molecule has 0 bridgehead atoms. The average molecular weight is 351 g/mol. The second-order valence-electron chi connectivity index (χ2n) is 5.11. The standard InChI is InChI=1S/C15H17N3O5S/c1-10(23-15(20)13-7-4-8-18(13)2)14(19)17-11-5-3-6-12(9-11)24(16,21)22/h3-10H,1-2H3,(H,17,19)(H2,16,21,22)/t10-/m0/s1. The number of aromatic nitrogens is 1. The fourth-order valence-electron chi connectivity index (χ4n) is 1.94. The Labute approximate surface area is 139 Å². The van der Waals surface area contributed by atoms with Crippen LogP contribution in [0.1, 0.15) is 17.4 Å². The van der Waals surface area contributed by atoms with Gasteiger partial charge in [0.15, 0.2) is 6.10 Å². The SMILES string of the molecule is C[C@H](OC(=O)c1cccn1C)C(=O)Nc1cccc(S(N)(=O)=O)c1. The number of primary sulfonamides is 1. The molecule has 2 aromatic rings. The molecule has 0 unspecified atom stereocenters. The molecule has 0 spiro atoms. The van der Waals surface area contributed by atoms with Crippen molar-refractivity contribution >= 4 is 27.6 Å². The van der Waals surface area contributed by atoms with Crippen molar-refractivity contribution in [2.24, 2.45) is 12.2 Å². The number of sulfonamides is 1. The van der Waals surface area contributed by atoms with Crippen molar-refractivity contribution in [3.63, 3.8) is 0 Å². The van der Waals surface area contributed by atoms with Gasteiger partial charge in [0.25, 0.3) is 5.91 Å². The van der Waals surface area contributed by atoms with E-state index in [1.165, 1.54) is 31.2 Å². The van der Waals surface area contributed by atoms with E-state index in [9.17, 15) is 18.0 Å². The Bertz CT molecular complexity index is 873. The molecule has 1 atom stereocenters. The summed E-state index contributed by atoms with van der Waals surface area (Å²) in [7, 11) is -2.19. The molecule has 0 fully saturated rings. The first-order valence-electron chi connectivity index (χ1n) is 6.94. The van der Waals surface area contributed by atoms with Crippen molar-refractivity contribution < 1.29 is 22.7 Å². The summed E-state index contributed by atoms with van der Waals surface area (Å²) in [5, 5.41) is 7.51. The van der Waals surface area contributed by atoms with Crippen molar-refractivity contribution in [1.82, 2.24) is 4.57 Å². The van der Waals surface area contributed by atoms with E-state index in [0.29, 0.717) is 5.69 Å². The van der Waals surface area contributed by atoms with Crippen molar-refractivity contribution in [2.75, 3.05) is 5.32 Å². The summed E-state index contributed by atoms with van der Waals surface area (Å²) in [4.78, 5) is 23.9. The lowest BCUT2D eigenvalue weighted by Crippen LogP contribution is -2.30. The minimum atomic E-state index is -3.87. The third kappa shape index (κ3) is 4.21. The second kappa shape index (κ2) is 6.85. The van der Waals surface area contributed by atoms with Crippen molar-refractivity contribution in [3.8, 4) is 0 Å². The van der Waals surface area contributed by atoms with Gasteiger partial charge in [-0.05, 0) is 37.3 Å². The molecule has 0 aliphatic heterocycles. The number of anilines is 1.